The van der Waals surface area contributed by atoms with Gasteiger partial charge in [-0.25, -0.2) is 14.4 Å². The molecule has 1 saturated carbocycles. The topological polar surface area (TPSA) is 112 Å². The van der Waals surface area contributed by atoms with Gasteiger partial charge in [-0.05, 0) is 41.0 Å². The second kappa shape index (κ2) is 7.81. The second-order valence-electron chi connectivity index (χ2n) is 10.00. The van der Waals surface area contributed by atoms with Crippen LogP contribution in [0.25, 0.3) is 0 Å². The number of ether oxygens (including phenoxy) is 4. The molecule has 0 aromatic heterocycles. The Balaban J connectivity index is 1.83. The van der Waals surface area contributed by atoms with Crippen molar-refractivity contribution in [2.75, 3.05) is 0 Å². The number of carbonyl (C=O) groups excluding carboxylic acids is 3. The number of fused-ring (bicyclic) bond motifs is 3. The Morgan fingerprint density at radius 2 is 1.94 bits per heavy atom. The van der Waals surface area contributed by atoms with Crippen molar-refractivity contribution in [3.63, 3.8) is 0 Å². The van der Waals surface area contributed by atoms with Crippen LogP contribution in [0.2, 0.25) is 0 Å². The molecule has 0 radical (unpaired) electrons. The molecule has 0 amide bonds. The molecule has 8 nitrogen and oxygen atoms in total. The van der Waals surface area contributed by atoms with Gasteiger partial charge < -0.3 is 24.1 Å². The molecule has 2 heterocycles. The first-order valence-corrected chi connectivity index (χ1v) is 11.3. The number of hydrogen-bond donors (Lipinski definition) is 1. The minimum Gasteiger partial charge on any atom is -0.458 e. The SMILES string of the molecule is C=C1C(=O)O[C@@H]2[C@H]1[C@H](OC(=O)[C@@]1(C)O[C@@H]1C)[C@H](OC(=O)/C(C)=C\C)[C@@]1(C)[C@H](O)CC=C(C)[C@H]21. The molecule has 2 saturated heterocycles. The number of esters is 3. The largest absolute Gasteiger partial charge is 0.458 e. The number of rotatable bonds is 4. The van der Waals surface area contributed by atoms with Gasteiger partial charge in [0.25, 0.3) is 0 Å². The number of aliphatic hydroxyl groups excluding tert-OH is 1. The second-order valence-corrected chi connectivity index (χ2v) is 10.00. The molecule has 9 atom stereocenters. The zero-order valence-electron chi connectivity index (χ0n) is 19.9. The Labute approximate surface area is 193 Å². The summed E-state index contributed by atoms with van der Waals surface area (Å²) in [5.41, 5.74) is -0.737. The minimum absolute atomic E-state index is 0.159. The van der Waals surface area contributed by atoms with Crippen LogP contribution in [0.1, 0.15) is 48.0 Å². The van der Waals surface area contributed by atoms with E-state index in [2.05, 4.69) is 6.58 Å². The maximum absolute atomic E-state index is 13.1. The molecule has 2 aliphatic carbocycles. The van der Waals surface area contributed by atoms with Crippen LogP contribution < -0.4 is 0 Å². The fourth-order valence-electron chi connectivity index (χ4n) is 5.61. The summed E-state index contributed by atoms with van der Waals surface area (Å²) < 4.78 is 23.1. The molecular formula is C25H32O8. The summed E-state index contributed by atoms with van der Waals surface area (Å²) >= 11 is 0. The van der Waals surface area contributed by atoms with Crippen LogP contribution in [0.3, 0.4) is 0 Å². The average Bonchev–Trinajstić information content (AvgIpc) is 3.28. The molecule has 4 aliphatic rings. The molecule has 4 rings (SSSR count). The molecule has 180 valence electrons. The van der Waals surface area contributed by atoms with Crippen molar-refractivity contribution in [1.82, 2.24) is 0 Å². The van der Waals surface area contributed by atoms with Crippen LogP contribution in [0.4, 0.5) is 0 Å². The number of epoxide rings is 1. The summed E-state index contributed by atoms with van der Waals surface area (Å²) in [5, 5.41) is 11.2. The van der Waals surface area contributed by atoms with Gasteiger partial charge in [0.2, 0.25) is 0 Å². The summed E-state index contributed by atoms with van der Waals surface area (Å²) in [7, 11) is 0. The lowest BCUT2D eigenvalue weighted by atomic mass is 9.53. The molecule has 2 aliphatic heterocycles. The van der Waals surface area contributed by atoms with Gasteiger partial charge in [-0.15, -0.1) is 0 Å². The lowest BCUT2D eigenvalue weighted by Gasteiger charge is -2.56. The van der Waals surface area contributed by atoms with Crippen molar-refractivity contribution in [3.8, 4) is 0 Å². The van der Waals surface area contributed by atoms with E-state index in [0.29, 0.717) is 12.0 Å². The van der Waals surface area contributed by atoms with E-state index in [1.165, 1.54) is 0 Å². The van der Waals surface area contributed by atoms with Crippen LogP contribution in [0, 0.1) is 17.3 Å². The summed E-state index contributed by atoms with van der Waals surface area (Å²) in [6, 6.07) is 0. The van der Waals surface area contributed by atoms with Crippen LogP contribution in [0.15, 0.2) is 35.5 Å². The van der Waals surface area contributed by atoms with Crippen LogP contribution in [-0.4, -0.2) is 59.1 Å². The highest BCUT2D eigenvalue weighted by Gasteiger charge is 2.69. The molecule has 0 aromatic rings. The predicted octanol–water partition coefficient (Wildman–Crippen LogP) is 2.40. The molecular weight excluding hydrogens is 428 g/mol. The van der Waals surface area contributed by atoms with Crippen LogP contribution in [-0.2, 0) is 33.3 Å². The predicted molar refractivity (Wildman–Crippen MR) is 117 cm³/mol. The quantitative estimate of drug-likeness (QED) is 0.224. The van der Waals surface area contributed by atoms with Crippen molar-refractivity contribution in [3.05, 3.63) is 35.5 Å². The number of allylic oxidation sites excluding steroid dienone is 1. The number of aliphatic hydroxyl groups is 1. The standard InChI is InChI=1S/C25H32O8/c1-8-11(2)21(27)32-20-19(31-23(29)25(7)14(5)33-25)16-13(4)22(28)30-18(16)17-12(3)9-10-15(26)24(17,20)6/h8-9,14-20,26H,4,10H2,1-3,5-7H3/b11-8-/t14-,15-,16+,17-,18-,19+,20+,24+,25+/m1/s1. The van der Waals surface area contributed by atoms with E-state index >= 15 is 0 Å². The molecule has 3 fully saturated rings. The Morgan fingerprint density at radius 1 is 1.30 bits per heavy atom. The highest BCUT2D eigenvalue weighted by Crippen LogP contribution is 2.58. The Bertz CT molecular complexity index is 979. The van der Waals surface area contributed by atoms with Gasteiger partial charge in [-0.3, -0.25) is 0 Å². The minimum atomic E-state index is -1.12. The zero-order valence-corrected chi connectivity index (χ0v) is 19.9. The first-order valence-electron chi connectivity index (χ1n) is 11.3. The van der Waals surface area contributed by atoms with E-state index in [-0.39, 0.29) is 11.7 Å². The third-order valence-electron chi connectivity index (χ3n) is 8.17. The van der Waals surface area contributed by atoms with Gasteiger partial charge in [0.1, 0.15) is 18.3 Å². The van der Waals surface area contributed by atoms with Gasteiger partial charge in [-0.1, -0.05) is 31.2 Å². The summed E-state index contributed by atoms with van der Waals surface area (Å²) in [6.07, 6.45) is -0.207. The lowest BCUT2D eigenvalue weighted by molar-refractivity contribution is -0.230. The van der Waals surface area contributed by atoms with E-state index in [0.717, 1.165) is 5.57 Å². The number of carbonyl (C=O) groups is 3. The monoisotopic (exact) mass is 460 g/mol. The van der Waals surface area contributed by atoms with Crippen molar-refractivity contribution in [2.45, 2.75) is 84.1 Å². The molecule has 1 N–H and O–H groups in total. The Hall–Kier alpha value is -2.45. The van der Waals surface area contributed by atoms with Gasteiger partial charge in [0, 0.05) is 22.5 Å². The van der Waals surface area contributed by atoms with E-state index in [1.54, 1.807) is 40.7 Å². The summed E-state index contributed by atoms with van der Waals surface area (Å²) in [5.74, 6) is -2.96. The first kappa shape index (κ1) is 23.7. The van der Waals surface area contributed by atoms with Gasteiger partial charge in [-0.2, -0.15) is 0 Å². The van der Waals surface area contributed by atoms with Crippen molar-refractivity contribution in [2.24, 2.45) is 17.3 Å². The highest BCUT2D eigenvalue weighted by atomic mass is 16.7. The average molecular weight is 461 g/mol. The fourth-order valence-corrected chi connectivity index (χ4v) is 5.61. The van der Waals surface area contributed by atoms with Crippen molar-refractivity contribution >= 4 is 17.9 Å². The highest BCUT2D eigenvalue weighted by molar-refractivity contribution is 5.92. The molecule has 8 heteroatoms. The van der Waals surface area contributed by atoms with Crippen molar-refractivity contribution < 1.29 is 38.4 Å². The molecule has 0 unspecified atom stereocenters. The van der Waals surface area contributed by atoms with E-state index < -0.39 is 65.2 Å². The van der Waals surface area contributed by atoms with E-state index in [9.17, 15) is 19.5 Å². The zero-order chi connectivity index (χ0) is 24.5. The van der Waals surface area contributed by atoms with E-state index in [4.69, 9.17) is 18.9 Å². The maximum atomic E-state index is 13.1. The normalized spacial score (nSPS) is 44.3. The van der Waals surface area contributed by atoms with Crippen LogP contribution in [0.5, 0.6) is 0 Å². The van der Waals surface area contributed by atoms with E-state index in [1.807, 2.05) is 13.0 Å². The third kappa shape index (κ3) is 3.37. The lowest BCUT2D eigenvalue weighted by Crippen LogP contribution is -2.67. The van der Waals surface area contributed by atoms with Gasteiger partial charge >= 0.3 is 17.9 Å². The smallest absolute Gasteiger partial charge is 0.341 e. The molecule has 33 heavy (non-hydrogen) atoms. The Kier molecular flexibility index (Phi) is 5.61. The summed E-state index contributed by atoms with van der Waals surface area (Å²) in [4.78, 5) is 38.6. The molecule has 0 bridgehead atoms. The first-order chi connectivity index (χ1) is 15.4. The van der Waals surface area contributed by atoms with Crippen molar-refractivity contribution in [1.29, 1.82) is 0 Å². The fraction of sp³-hybridized carbons (Fsp3) is 0.640. The Morgan fingerprint density at radius 3 is 2.52 bits per heavy atom. The maximum Gasteiger partial charge on any atom is 0.341 e. The molecule has 0 aromatic carbocycles. The summed E-state index contributed by atoms with van der Waals surface area (Å²) in [6.45, 7) is 14.3. The third-order valence-corrected chi connectivity index (χ3v) is 8.17. The van der Waals surface area contributed by atoms with Gasteiger partial charge in [0.15, 0.2) is 5.60 Å². The molecule has 0 spiro atoms. The number of hydrogen-bond acceptors (Lipinski definition) is 8. The van der Waals surface area contributed by atoms with Crippen LogP contribution >= 0.6 is 0 Å². The van der Waals surface area contributed by atoms with Gasteiger partial charge in [0.05, 0.1) is 18.1 Å².